The van der Waals surface area contributed by atoms with E-state index in [0.717, 1.165) is 19.5 Å². The molecule has 1 aromatic rings. The van der Waals surface area contributed by atoms with E-state index in [0.29, 0.717) is 23.7 Å². The second kappa shape index (κ2) is 6.58. The van der Waals surface area contributed by atoms with Gasteiger partial charge < -0.3 is 20.6 Å². The molecule has 1 atom stereocenters. The lowest BCUT2D eigenvalue weighted by Gasteiger charge is -2.14. The second-order valence-electron chi connectivity index (χ2n) is 5.54. The molecule has 0 spiro atoms. The van der Waals surface area contributed by atoms with Crippen LogP contribution >= 0.6 is 0 Å². The van der Waals surface area contributed by atoms with Gasteiger partial charge in [-0.15, -0.1) is 0 Å². The van der Waals surface area contributed by atoms with Crippen LogP contribution in [0.2, 0.25) is 0 Å². The van der Waals surface area contributed by atoms with Crippen molar-refractivity contribution in [3.05, 3.63) is 29.3 Å². The number of carboxylic acid groups (broad SMARTS) is 1. The maximum atomic E-state index is 11.9. The van der Waals surface area contributed by atoms with Crippen LogP contribution in [0.4, 0.5) is 10.5 Å². The molecule has 114 valence electrons. The molecule has 0 radical (unpaired) electrons. The van der Waals surface area contributed by atoms with Gasteiger partial charge in [0.25, 0.3) is 0 Å². The Hall–Kier alpha value is -2.08. The highest BCUT2D eigenvalue weighted by Crippen LogP contribution is 2.19. The number of amides is 2. The summed E-state index contributed by atoms with van der Waals surface area (Å²) in [4.78, 5) is 25.2. The van der Waals surface area contributed by atoms with E-state index in [-0.39, 0.29) is 11.6 Å². The first-order valence-electron chi connectivity index (χ1n) is 7.03. The molecule has 1 saturated heterocycles. The number of likely N-dealkylation sites (tertiary alicyclic amines) is 1. The zero-order valence-electron chi connectivity index (χ0n) is 12.3. The van der Waals surface area contributed by atoms with Crippen LogP contribution in [0.15, 0.2) is 18.2 Å². The summed E-state index contributed by atoms with van der Waals surface area (Å²) in [6.45, 7) is 4.38. The van der Waals surface area contributed by atoms with Crippen molar-refractivity contribution in [3.63, 3.8) is 0 Å². The van der Waals surface area contributed by atoms with Gasteiger partial charge in [0, 0.05) is 18.8 Å². The maximum absolute atomic E-state index is 11.9. The van der Waals surface area contributed by atoms with Gasteiger partial charge in [0.1, 0.15) is 0 Å². The zero-order valence-corrected chi connectivity index (χ0v) is 12.3. The third-order valence-corrected chi connectivity index (χ3v) is 3.85. The number of urea groups is 1. The Balaban J connectivity index is 1.91. The number of nitrogens with one attached hydrogen (secondary N) is 2. The summed E-state index contributed by atoms with van der Waals surface area (Å²) in [5.74, 6) is -0.516. The fourth-order valence-corrected chi connectivity index (χ4v) is 2.60. The summed E-state index contributed by atoms with van der Waals surface area (Å²) in [7, 11) is 2.07. The number of hydrogen-bond acceptors (Lipinski definition) is 3. The number of carbonyl (C=O) groups is 2. The Morgan fingerprint density at radius 1 is 1.43 bits per heavy atom. The van der Waals surface area contributed by atoms with Crippen molar-refractivity contribution in [1.29, 1.82) is 0 Å². The predicted octanol–water partition coefficient (Wildman–Crippen LogP) is 1.77. The van der Waals surface area contributed by atoms with Gasteiger partial charge in [0.05, 0.1) is 5.56 Å². The Kier molecular flexibility index (Phi) is 4.80. The Morgan fingerprint density at radius 3 is 2.81 bits per heavy atom. The van der Waals surface area contributed by atoms with Crippen molar-refractivity contribution >= 4 is 17.7 Å². The van der Waals surface area contributed by atoms with Crippen LogP contribution in [0, 0.1) is 12.8 Å². The molecular weight excluding hydrogens is 270 g/mol. The van der Waals surface area contributed by atoms with Crippen molar-refractivity contribution in [2.24, 2.45) is 5.92 Å². The predicted molar refractivity (Wildman–Crippen MR) is 80.8 cm³/mol. The molecule has 2 amide bonds. The van der Waals surface area contributed by atoms with E-state index in [2.05, 4.69) is 22.6 Å². The largest absolute Gasteiger partial charge is 0.478 e. The first-order chi connectivity index (χ1) is 9.97. The van der Waals surface area contributed by atoms with Crippen LogP contribution in [0.25, 0.3) is 0 Å². The molecule has 0 aliphatic carbocycles. The molecule has 6 nitrogen and oxygen atoms in total. The van der Waals surface area contributed by atoms with Crippen molar-refractivity contribution in [3.8, 4) is 0 Å². The van der Waals surface area contributed by atoms with Crippen LogP contribution in [-0.2, 0) is 0 Å². The molecule has 1 aromatic carbocycles. The first-order valence-corrected chi connectivity index (χ1v) is 7.03. The summed E-state index contributed by atoms with van der Waals surface area (Å²) in [6, 6.07) is 4.55. The highest BCUT2D eigenvalue weighted by Gasteiger charge is 2.20. The van der Waals surface area contributed by atoms with Crippen LogP contribution in [-0.4, -0.2) is 48.7 Å². The fourth-order valence-electron chi connectivity index (χ4n) is 2.60. The molecule has 0 bridgehead atoms. The minimum absolute atomic E-state index is 0.199. The van der Waals surface area contributed by atoms with Gasteiger partial charge in [-0.1, -0.05) is 6.07 Å². The zero-order chi connectivity index (χ0) is 15.4. The highest BCUT2D eigenvalue weighted by atomic mass is 16.4. The lowest BCUT2D eigenvalue weighted by Crippen LogP contribution is -2.34. The topological polar surface area (TPSA) is 81.7 Å². The Morgan fingerprint density at radius 2 is 2.19 bits per heavy atom. The lowest BCUT2D eigenvalue weighted by molar-refractivity contribution is 0.0696. The third kappa shape index (κ3) is 3.95. The Bertz CT molecular complexity index is 545. The quantitative estimate of drug-likeness (QED) is 0.789. The van der Waals surface area contributed by atoms with Gasteiger partial charge in [0.15, 0.2) is 0 Å². The molecule has 0 saturated carbocycles. The molecular formula is C15H21N3O3. The third-order valence-electron chi connectivity index (χ3n) is 3.85. The molecule has 21 heavy (non-hydrogen) atoms. The molecule has 1 aliphatic heterocycles. The number of aromatic carboxylic acids is 1. The van der Waals surface area contributed by atoms with Gasteiger partial charge >= 0.3 is 12.0 Å². The van der Waals surface area contributed by atoms with Gasteiger partial charge in [-0.3, -0.25) is 0 Å². The molecule has 2 rings (SSSR count). The van der Waals surface area contributed by atoms with E-state index in [9.17, 15) is 9.59 Å². The fraction of sp³-hybridized carbons (Fsp3) is 0.467. The minimum atomic E-state index is -0.995. The average Bonchev–Trinajstić information content (AvgIpc) is 2.84. The summed E-state index contributed by atoms with van der Waals surface area (Å²) >= 11 is 0. The number of hydrogen-bond donors (Lipinski definition) is 3. The minimum Gasteiger partial charge on any atom is -0.478 e. The monoisotopic (exact) mass is 291 g/mol. The summed E-state index contributed by atoms with van der Waals surface area (Å²) in [5.41, 5.74) is 1.28. The summed E-state index contributed by atoms with van der Waals surface area (Å²) < 4.78 is 0. The molecule has 1 aliphatic rings. The number of nitrogens with zero attached hydrogens (tertiary/aromatic N) is 1. The van der Waals surface area contributed by atoms with Crippen LogP contribution in [0.5, 0.6) is 0 Å². The van der Waals surface area contributed by atoms with E-state index < -0.39 is 5.97 Å². The summed E-state index contributed by atoms with van der Waals surface area (Å²) in [6.07, 6.45) is 1.09. The summed E-state index contributed by atoms with van der Waals surface area (Å²) in [5, 5.41) is 14.6. The number of carboxylic acids is 1. The maximum Gasteiger partial charge on any atom is 0.336 e. The number of benzene rings is 1. The van der Waals surface area contributed by atoms with Gasteiger partial charge in [-0.25, -0.2) is 9.59 Å². The van der Waals surface area contributed by atoms with Crippen molar-refractivity contribution in [2.75, 3.05) is 32.0 Å². The van der Waals surface area contributed by atoms with Crippen LogP contribution in [0.1, 0.15) is 22.3 Å². The SMILES string of the molecule is Cc1c(NC(=O)NCC2CCN(C)C2)cccc1C(=O)O. The van der Waals surface area contributed by atoms with Gasteiger partial charge in [0.2, 0.25) is 0 Å². The molecule has 1 unspecified atom stereocenters. The van der Waals surface area contributed by atoms with E-state index in [1.807, 2.05) is 0 Å². The Labute approximate surface area is 124 Å². The van der Waals surface area contributed by atoms with Crippen molar-refractivity contribution in [1.82, 2.24) is 10.2 Å². The standard InChI is InChI=1S/C15H21N3O3/c1-10-12(14(19)20)4-3-5-13(10)17-15(21)16-8-11-6-7-18(2)9-11/h3-5,11H,6-9H2,1-2H3,(H,19,20)(H2,16,17,21). The average molecular weight is 291 g/mol. The van der Waals surface area contributed by atoms with E-state index in [1.54, 1.807) is 19.1 Å². The number of anilines is 1. The van der Waals surface area contributed by atoms with Gasteiger partial charge in [-0.2, -0.15) is 0 Å². The van der Waals surface area contributed by atoms with Gasteiger partial charge in [-0.05, 0) is 50.6 Å². The van der Waals surface area contributed by atoms with Crippen molar-refractivity contribution in [2.45, 2.75) is 13.3 Å². The van der Waals surface area contributed by atoms with E-state index in [1.165, 1.54) is 6.07 Å². The smallest absolute Gasteiger partial charge is 0.336 e. The number of carbonyl (C=O) groups excluding carboxylic acids is 1. The molecule has 6 heteroatoms. The normalized spacial score (nSPS) is 18.5. The first kappa shape index (κ1) is 15.3. The molecule has 0 aromatic heterocycles. The highest BCUT2D eigenvalue weighted by molar-refractivity contribution is 5.95. The number of rotatable bonds is 4. The van der Waals surface area contributed by atoms with E-state index in [4.69, 9.17) is 5.11 Å². The van der Waals surface area contributed by atoms with E-state index >= 15 is 0 Å². The second-order valence-corrected chi connectivity index (χ2v) is 5.54. The van der Waals surface area contributed by atoms with Crippen molar-refractivity contribution < 1.29 is 14.7 Å². The van der Waals surface area contributed by atoms with Crippen LogP contribution in [0.3, 0.4) is 0 Å². The molecule has 1 heterocycles. The molecule has 1 fully saturated rings. The molecule has 3 N–H and O–H groups in total. The lowest BCUT2D eigenvalue weighted by atomic mass is 10.1. The van der Waals surface area contributed by atoms with Crippen LogP contribution < -0.4 is 10.6 Å².